The number of ketones is 1. The van der Waals surface area contributed by atoms with Gasteiger partial charge in [0.05, 0.1) is 5.75 Å². The highest BCUT2D eigenvalue weighted by molar-refractivity contribution is 9.10. The van der Waals surface area contributed by atoms with E-state index in [2.05, 4.69) is 26.1 Å². The number of halogens is 2. The molecule has 0 bridgehead atoms. The normalized spacial score (nSPS) is 10.7. The Morgan fingerprint density at radius 1 is 1.17 bits per heavy atom. The van der Waals surface area contributed by atoms with Crippen LogP contribution in [0.5, 0.6) is 0 Å². The molecule has 23 heavy (non-hydrogen) atoms. The van der Waals surface area contributed by atoms with Gasteiger partial charge in [0.1, 0.15) is 0 Å². The van der Waals surface area contributed by atoms with Crippen LogP contribution >= 0.6 is 39.3 Å². The van der Waals surface area contributed by atoms with Crippen LogP contribution in [0.25, 0.3) is 11.5 Å². The van der Waals surface area contributed by atoms with Gasteiger partial charge in [-0.05, 0) is 36.4 Å². The lowest BCUT2D eigenvalue weighted by molar-refractivity contribution is 0.102. The van der Waals surface area contributed by atoms with E-state index in [1.165, 1.54) is 11.8 Å². The summed E-state index contributed by atoms with van der Waals surface area (Å²) in [7, 11) is 0. The third-order valence-corrected chi connectivity index (χ3v) is 4.53. The molecule has 0 aliphatic carbocycles. The van der Waals surface area contributed by atoms with E-state index >= 15 is 0 Å². The summed E-state index contributed by atoms with van der Waals surface area (Å²) in [4.78, 5) is 12.1. The highest BCUT2D eigenvalue weighted by atomic mass is 79.9. The largest absolute Gasteiger partial charge is 0.411 e. The number of thioether (sulfide) groups is 1. The van der Waals surface area contributed by atoms with Crippen molar-refractivity contribution in [2.24, 2.45) is 0 Å². The first kappa shape index (κ1) is 16.2. The molecule has 116 valence electrons. The standard InChI is InChI=1S/C16H10BrClN2O2S/c17-12-3-1-2-11(8-12)14(21)9-23-16-20-19-15(22-16)10-4-6-13(18)7-5-10/h1-8H,9H2. The predicted molar refractivity (Wildman–Crippen MR) is 93.9 cm³/mol. The fraction of sp³-hybridized carbons (Fsp3) is 0.0625. The van der Waals surface area contributed by atoms with Gasteiger partial charge >= 0.3 is 0 Å². The summed E-state index contributed by atoms with van der Waals surface area (Å²) < 4.78 is 6.43. The van der Waals surface area contributed by atoms with E-state index in [0.717, 1.165) is 10.0 Å². The van der Waals surface area contributed by atoms with E-state index in [-0.39, 0.29) is 11.5 Å². The van der Waals surface area contributed by atoms with Crippen molar-refractivity contribution in [2.75, 3.05) is 5.75 Å². The summed E-state index contributed by atoms with van der Waals surface area (Å²) in [5.74, 6) is 0.639. The van der Waals surface area contributed by atoms with E-state index in [9.17, 15) is 4.79 Å². The maximum Gasteiger partial charge on any atom is 0.277 e. The number of aromatic nitrogens is 2. The van der Waals surface area contributed by atoms with Crippen molar-refractivity contribution in [3.05, 3.63) is 63.6 Å². The minimum Gasteiger partial charge on any atom is -0.411 e. The minimum atomic E-state index is 0.00235. The maximum absolute atomic E-state index is 12.1. The second kappa shape index (κ2) is 7.29. The van der Waals surface area contributed by atoms with Gasteiger partial charge in [-0.2, -0.15) is 0 Å². The van der Waals surface area contributed by atoms with Crippen LogP contribution in [0.4, 0.5) is 0 Å². The molecular weight excluding hydrogens is 400 g/mol. The third kappa shape index (κ3) is 4.22. The lowest BCUT2D eigenvalue weighted by Crippen LogP contribution is -2.02. The van der Waals surface area contributed by atoms with E-state index in [0.29, 0.717) is 21.7 Å². The number of hydrogen-bond acceptors (Lipinski definition) is 5. The van der Waals surface area contributed by atoms with Crippen molar-refractivity contribution in [3.8, 4) is 11.5 Å². The van der Waals surface area contributed by atoms with E-state index in [1.54, 1.807) is 36.4 Å². The molecule has 3 rings (SSSR count). The molecule has 0 radical (unpaired) electrons. The van der Waals surface area contributed by atoms with Gasteiger partial charge in [0, 0.05) is 20.6 Å². The molecule has 0 fully saturated rings. The summed E-state index contributed by atoms with van der Waals surface area (Å²) in [6.45, 7) is 0. The Morgan fingerprint density at radius 2 is 1.96 bits per heavy atom. The zero-order chi connectivity index (χ0) is 16.2. The molecule has 7 heteroatoms. The monoisotopic (exact) mass is 408 g/mol. The van der Waals surface area contributed by atoms with Gasteiger partial charge < -0.3 is 4.42 Å². The van der Waals surface area contributed by atoms with E-state index < -0.39 is 0 Å². The van der Waals surface area contributed by atoms with Crippen LogP contribution in [0.3, 0.4) is 0 Å². The van der Waals surface area contributed by atoms with E-state index in [1.807, 2.05) is 12.1 Å². The lowest BCUT2D eigenvalue weighted by atomic mass is 10.2. The molecule has 0 saturated heterocycles. The van der Waals surface area contributed by atoms with Crippen LogP contribution in [0.1, 0.15) is 10.4 Å². The van der Waals surface area contributed by atoms with Crippen LogP contribution in [0.2, 0.25) is 5.02 Å². The number of carbonyl (C=O) groups is 1. The average molecular weight is 410 g/mol. The maximum atomic E-state index is 12.1. The van der Waals surface area contributed by atoms with E-state index in [4.69, 9.17) is 16.0 Å². The average Bonchev–Trinajstić information content (AvgIpc) is 3.02. The van der Waals surface area contributed by atoms with Crippen molar-refractivity contribution < 1.29 is 9.21 Å². The van der Waals surface area contributed by atoms with Crippen LogP contribution in [0.15, 0.2) is 62.6 Å². The quantitative estimate of drug-likeness (QED) is 0.432. The van der Waals surface area contributed by atoms with Gasteiger partial charge in [-0.1, -0.05) is 51.4 Å². The lowest BCUT2D eigenvalue weighted by Gasteiger charge is -1.99. The smallest absolute Gasteiger partial charge is 0.277 e. The van der Waals surface area contributed by atoms with Crippen LogP contribution in [-0.2, 0) is 0 Å². The molecule has 2 aromatic carbocycles. The Morgan fingerprint density at radius 3 is 2.70 bits per heavy atom. The van der Waals surface area contributed by atoms with Crippen molar-refractivity contribution in [2.45, 2.75) is 5.22 Å². The molecule has 4 nitrogen and oxygen atoms in total. The fourth-order valence-corrected chi connectivity index (χ4v) is 3.03. The predicted octanol–water partition coefficient (Wildman–Crippen LogP) is 5.13. The molecule has 0 aliphatic heterocycles. The zero-order valence-electron chi connectivity index (χ0n) is 11.7. The second-order valence-electron chi connectivity index (χ2n) is 4.60. The highest BCUT2D eigenvalue weighted by Gasteiger charge is 2.12. The number of nitrogens with zero attached hydrogens (tertiary/aromatic N) is 2. The van der Waals surface area contributed by atoms with Crippen molar-refractivity contribution in [1.29, 1.82) is 0 Å². The molecule has 0 saturated carbocycles. The molecule has 0 amide bonds. The minimum absolute atomic E-state index is 0.00235. The zero-order valence-corrected chi connectivity index (χ0v) is 14.9. The summed E-state index contributed by atoms with van der Waals surface area (Å²) in [6, 6.07) is 14.4. The molecule has 3 aromatic rings. The summed E-state index contributed by atoms with van der Waals surface area (Å²) in [5.41, 5.74) is 1.43. The number of benzene rings is 2. The number of hydrogen-bond donors (Lipinski definition) is 0. The molecule has 1 aromatic heterocycles. The highest BCUT2D eigenvalue weighted by Crippen LogP contribution is 2.25. The van der Waals surface area contributed by atoms with Crippen molar-refractivity contribution >= 4 is 45.1 Å². The van der Waals surface area contributed by atoms with Gasteiger partial charge in [-0.3, -0.25) is 4.79 Å². The fourth-order valence-electron chi connectivity index (χ4n) is 1.85. The molecule has 0 aliphatic rings. The number of rotatable bonds is 5. The Kier molecular flexibility index (Phi) is 5.15. The summed E-state index contributed by atoms with van der Waals surface area (Å²) in [5, 5.41) is 8.93. The molecule has 0 unspecified atom stereocenters. The molecule has 0 atom stereocenters. The summed E-state index contributed by atoms with van der Waals surface area (Å²) >= 11 is 10.4. The number of carbonyl (C=O) groups excluding carboxylic acids is 1. The first-order valence-electron chi connectivity index (χ1n) is 6.63. The van der Waals surface area contributed by atoms with Crippen molar-refractivity contribution in [3.63, 3.8) is 0 Å². The Balaban J connectivity index is 1.65. The molecule has 0 spiro atoms. The van der Waals surface area contributed by atoms with Crippen LogP contribution < -0.4 is 0 Å². The molecular formula is C16H10BrClN2O2S. The van der Waals surface area contributed by atoms with Gasteiger partial charge in [-0.15, -0.1) is 10.2 Å². The van der Waals surface area contributed by atoms with Crippen molar-refractivity contribution in [1.82, 2.24) is 10.2 Å². The second-order valence-corrected chi connectivity index (χ2v) is 6.88. The Labute approximate surface area is 150 Å². The topological polar surface area (TPSA) is 56.0 Å². The SMILES string of the molecule is O=C(CSc1nnc(-c2ccc(Cl)cc2)o1)c1cccc(Br)c1. The van der Waals surface area contributed by atoms with Crippen LogP contribution in [0, 0.1) is 0 Å². The summed E-state index contributed by atoms with van der Waals surface area (Å²) in [6.07, 6.45) is 0. The first-order chi connectivity index (χ1) is 11.1. The van der Waals surface area contributed by atoms with Gasteiger partial charge in [-0.25, -0.2) is 0 Å². The number of Topliss-reactive ketones (excluding diaryl/α,β-unsaturated/α-hetero) is 1. The van der Waals surface area contributed by atoms with Gasteiger partial charge in [0.25, 0.3) is 5.22 Å². The third-order valence-electron chi connectivity index (χ3n) is 2.97. The van der Waals surface area contributed by atoms with Gasteiger partial charge in [0.2, 0.25) is 5.89 Å². The van der Waals surface area contributed by atoms with Gasteiger partial charge in [0.15, 0.2) is 5.78 Å². The van der Waals surface area contributed by atoms with Crippen LogP contribution in [-0.4, -0.2) is 21.7 Å². The molecule has 1 heterocycles. The Bertz CT molecular complexity index is 836. The Hall–Kier alpha value is -1.63. The molecule has 0 N–H and O–H groups in total. The first-order valence-corrected chi connectivity index (χ1v) is 8.78.